The maximum Gasteiger partial charge on any atom is 0.235 e. The van der Waals surface area contributed by atoms with Crippen molar-refractivity contribution in [3.8, 4) is 5.88 Å². The molecule has 0 bridgehead atoms. The number of hydrogen-bond donors (Lipinski definition) is 0. The van der Waals surface area contributed by atoms with Gasteiger partial charge in [-0.2, -0.15) is 4.98 Å². The van der Waals surface area contributed by atoms with Crippen molar-refractivity contribution in [3.05, 3.63) is 23.1 Å². The lowest BCUT2D eigenvalue weighted by molar-refractivity contribution is -0.0411. The van der Waals surface area contributed by atoms with E-state index in [4.69, 9.17) is 19.4 Å². The van der Waals surface area contributed by atoms with E-state index in [1.165, 1.54) is 0 Å². The second kappa shape index (κ2) is 6.43. The lowest BCUT2D eigenvalue weighted by Crippen LogP contribution is -2.32. The van der Waals surface area contributed by atoms with Gasteiger partial charge in [0, 0.05) is 23.8 Å². The Morgan fingerprint density at radius 2 is 2.08 bits per heavy atom. The second-order valence-electron chi connectivity index (χ2n) is 7.96. The zero-order chi connectivity index (χ0) is 18.5. The highest BCUT2D eigenvalue weighted by molar-refractivity contribution is 7.25. The third-order valence-corrected chi connectivity index (χ3v) is 5.65. The number of pyridine rings is 1. The van der Waals surface area contributed by atoms with Crippen LogP contribution in [0.15, 0.2) is 6.07 Å². The standard InChI is InChI=1S/C20H25N3O2S/c1-6-15-22-16-13-7-12-10-25-20(4,5)8-14(12)21-19(13)26-17(16)18(23-15)24-9-11(2)3/h7,11H,6,8-10H2,1-5H3. The number of aryl methyl sites for hydroxylation is 1. The second-order valence-corrected chi connectivity index (χ2v) is 8.95. The molecule has 0 amide bonds. The molecule has 0 fully saturated rings. The molecule has 0 radical (unpaired) electrons. The first-order chi connectivity index (χ1) is 12.4. The van der Waals surface area contributed by atoms with Gasteiger partial charge in [0.1, 0.15) is 15.4 Å². The molecule has 0 saturated heterocycles. The number of aromatic nitrogens is 3. The quantitative estimate of drug-likeness (QED) is 0.666. The Morgan fingerprint density at radius 3 is 2.81 bits per heavy atom. The third-order valence-electron chi connectivity index (χ3n) is 4.57. The first-order valence-electron chi connectivity index (χ1n) is 9.25. The molecule has 3 aromatic rings. The highest BCUT2D eigenvalue weighted by atomic mass is 32.1. The summed E-state index contributed by atoms with van der Waals surface area (Å²) in [5, 5.41) is 1.08. The fourth-order valence-corrected chi connectivity index (χ4v) is 4.23. The van der Waals surface area contributed by atoms with Crippen molar-refractivity contribution in [3.63, 3.8) is 0 Å². The summed E-state index contributed by atoms with van der Waals surface area (Å²) in [6.45, 7) is 11.8. The van der Waals surface area contributed by atoms with Crippen LogP contribution in [0.25, 0.3) is 20.4 Å². The van der Waals surface area contributed by atoms with Crippen LogP contribution in [0, 0.1) is 5.92 Å². The van der Waals surface area contributed by atoms with Crippen molar-refractivity contribution < 1.29 is 9.47 Å². The average molecular weight is 372 g/mol. The summed E-state index contributed by atoms with van der Waals surface area (Å²) in [6, 6.07) is 2.20. The van der Waals surface area contributed by atoms with Crippen LogP contribution in [-0.2, 0) is 24.2 Å². The van der Waals surface area contributed by atoms with Crippen LogP contribution in [0.4, 0.5) is 0 Å². The number of ether oxygens (including phenoxy) is 2. The van der Waals surface area contributed by atoms with Gasteiger partial charge in [-0.1, -0.05) is 20.8 Å². The summed E-state index contributed by atoms with van der Waals surface area (Å²) in [7, 11) is 0. The highest BCUT2D eigenvalue weighted by Crippen LogP contribution is 2.39. The first-order valence-corrected chi connectivity index (χ1v) is 10.1. The normalized spacial score (nSPS) is 16.4. The van der Waals surface area contributed by atoms with Crippen LogP contribution >= 0.6 is 11.3 Å². The monoisotopic (exact) mass is 371 g/mol. The van der Waals surface area contributed by atoms with E-state index in [0.29, 0.717) is 25.0 Å². The van der Waals surface area contributed by atoms with Crippen molar-refractivity contribution in [2.75, 3.05) is 6.61 Å². The van der Waals surface area contributed by atoms with E-state index in [-0.39, 0.29) is 5.60 Å². The van der Waals surface area contributed by atoms with E-state index >= 15 is 0 Å². The van der Waals surface area contributed by atoms with Gasteiger partial charge in [-0.3, -0.25) is 0 Å². The van der Waals surface area contributed by atoms with Gasteiger partial charge in [0.15, 0.2) is 0 Å². The molecule has 3 aromatic heterocycles. The molecule has 0 aliphatic carbocycles. The van der Waals surface area contributed by atoms with Crippen LogP contribution in [-0.4, -0.2) is 27.2 Å². The van der Waals surface area contributed by atoms with Crippen molar-refractivity contribution >= 4 is 31.8 Å². The maximum absolute atomic E-state index is 6.02. The zero-order valence-electron chi connectivity index (χ0n) is 16.0. The lowest BCUT2D eigenvalue weighted by Gasteiger charge is -2.30. The van der Waals surface area contributed by atoms with Gasteiger partial charge in [-0.15, -0.1) is 11.3 Å². The van der Waals surface area contributed by atoms with E-state index in [0.717, 1.165) is 50.4 Å². The summed E-state index contributed by atoms with van der Waals surface area (Å²) in [4.78, 5) is 15.4. The molecular formula is C20H25N3O2S. The average Bonchev–Trinajstić information content (AvgIpc) is 2.94. The van der Waals surface area contributed by atoms with E-state index in [1.807, 2.05) is 0 Å². The molecule has 0 N–H and O–H groups in total. The molecule has 5 nitrogen and oxygen atoms in total. The number of rotatable bonds is 4. The minimum Gasteiger partial charge on any atom is -0.476 e. The van der Waals surface area contributed by atoms with E-state index < -0.39 is 0 Å². The van der Waals surface area contributed by atoms with Gasteiger partial charge in [-0.25, -0.2) is 9.97 Å². The number of nitrogens with zero attached hydrogens (tertiary/aromatic N) is 3. The third kappa shape index (κ3) is 3.16. The summed E-state index contributed by atoms with van der Waals surface area (Å²) in [5.74, 6) is 1.95. The largest absolute Gasteiger partial charge is 0.476 e. The van der Waals surface area contributed by atoms with Crippen LogP contribution in [0.1, 0.15) is 51.7 Å². The molecule has 138 valence electrons. The van der Waals surface area contributed by atoms with Gasteiger partial charge in [-0.05, 0) is 25.8 Å². The van der Waals surface area contributed by atoms with E-state index in [1.54, 1.807) is 11.3 Å². The van der Waals surface area contributed by atoms with Crippen molar-refractivity contribution in [1.82, 2.24) is 15.0 Å². The Bertz CT molecular complexity index is 978. The fourth-order valence-electron chi connectivity index (χ4n) is 3.17. The van der Waals surface area contributed by atoms with E-state index in [9.17, 15) is 0 Å². The van der Waals surface area contributed by atoms with Crippen molar-refractivity contribution in [1.29, 1.82) is 0 Å². The minimum atomic E-state index is -0.162. The van der Waals surface area contributed by atoms with E-state index in [2.05, 4.69) is 45.7 Å². The molecule has 1 aliphatic rings. The molecule has 26 heavy (non-hydrogen) atoms. The Morgan fingerprint density at radius 1 is 1.27 bits per heavy atom. The molecule has 0 unspecified atom stereocenters. The minimum absolute atomic E-state index is 0.162. The molecule has 4 rings (SSSR count). The number of hydrogen-bond acceptors (Lipinski definition) is 6. The Hall–Kier alpha value is -1.79. The molecule has 6 heteroatoms. The molecule has 0 aromatic carbocycles. The van der Waals surface area contributed by atoms with Crippen LogP contribution in [0.2, 0.25) is 0 Å². The predicted octanol–water partition coefficient (Wildman–Crippen LogP) is 4.69. The predicted molar refractivity (Wildman–Crippen MR) is 105 cm³/mol. The fraction of sp³-hybridized carbons (Fsp3) is 0.550. The Kier molecular flexibility index (Phi) is 4.35. The van der Waals surface area contributed by atoms with Gasteiger partial charge >= 0.3 is 0 Å². The van der Waals surface area contributed by atoms with Crippen molar-refractivity contribution in [2.45, 2.75) is 59.7 Å². The number of thiophene rings is 1. The van der Waals surface area contributed by atoms with Gasteiger partial charge < -0.3 is 9.47 Å². The molecule has 4 heterocycles. The summed E-state index contributed by atoms with van der Waals surface area (Å²) >= 11 is 1.63. The SMILES string of the molecule is CCc1nc(OCC(C)C)c2sc3nc4c(cc3c2n1)COC(C)(C)C4. The highest BCUT2D eigenvalue weighted by Gasteiger charge is 2.28. The maximum atomic E-state index is 6.02. The summed E-state index contributed by atoms with van der Waals surface area (Å²) in [6.07, 6.45) is 1.61. The molecular weight excluding hydrogens is 346 g/mol. The molecule has 1 aliphatic heterocycles. The lowest BCUT2D eigenvalue weighted by atomic mass is 9.95. The van der Waals surface area contributed by atoms with Gasteiger partial charge in [0.2, 0.25) is 5.88 Å². The zero-order valence-corrected chi connectivity index (χ0v) is 16.9. The molecule has 0 saturated carbocycles. The smallest absolute Gasteiger partial charge is 0.235 e. The molecule has 0 atom stereocenters. The topological polar surface area (TPSA) is 57.1 Å². The summed E-state index contributed by atoms with van der Waals surface area (Å²) in [5.41, 5.74) is 3.09. The van der Waals surface area contributed by atoms with Crippen molar-refractivity contribution in [2.24, 2.45) is 5.92 Å². The number of fused-ring (bicyclic) bond motifs is 4. The summed E-state index contributed by atoms with van der Waals surface area (Å²) < 4.78 is 13.0. The Balaban J connectivity index is 1.89. The van der Waals surface area contributed by atoms with Crippen LogP contribution < -0.4 is 4.74 Å². The first kappa shape index (κ1) is 17.6. The molecule has 0 spiro atoms. The van der Waals surface area contributed by atoms with Crippen LogP contribution in [0.5, 0.6) is 5.88 Å². The van der Waals surface area contributed by atoms with Gasteiger partial charge in [0.05, 0.1) is 30.0 Å². The Labute approximate surface area is 157 Å². The van der Waals surface area contributed by atoms with Gasteiger partial charge in [0.25, 0.3) is 0 Å². The van der Waals surface area contributed by atoms with Crippen LogP contribution in [0.3, 0.4) is 0 Å².